The number of H-pyrrole nitrogens is 1. The third-order valence-electron chi connectivity index (χ3n) is 3.56. The molecule has 20 heavy (non-hydrogen) atoms. The van der Waals surface area contributed by atoms with Gasteiger partial charge in [-0.25, -0.2) is 0 Å². The van der Waals surface area contributed by atoms with Gasteiger partial charge in [-0.05, 0) is 24.0 Å². The largest absolute Gasteiger partial charge is 0.468 e. The number of esters is 1. The van der Waals surface area contributed by atoms with E-state index in [0.717, 1.165) is 18.5 Å². The Hall–Kier alpha value is -1.81. The van der Waals surface area contributed by atoms with E-state index in [1.54, 1.807) is 0 Å². The molecule has 0 unspecified atom stereocenters. The van der Waals surface area contributed by atoms with Gasteiger partial charge >= 0.3 is 5.97 Å². The predicted molar refractivity (Wildman–Crippen MR) is 80.6 cm³/mol. The van der Waals surface area contributed by atoms with Gasteiger partial charge in [0.1, 0.15) is 6.04 Å². The lowest BCUT2D eigenvalue weighted by Gasteiger charge is -2.19. The number of para-hydroxylation sites is 1. The summed E-state index contributed by atoms with van der Waals surface area (Å²) in [5.41, 5.74) is 2.41. The molecule has 1 aromatic heterocycles. The van der Waals surface area contributed by atoms with Crippen LogP contribution in [0.25, 0.3) is 10.9 Å². The Balaban J connectivity index is 1.96. The van der Waals surface area contributed by atoms with Crippen LogP contribution in [0.3, 0.4) is 0 Å². The maximum Gasteiger partial charge on any atom is 0.323 e. The topological polar surface area (TPSA) is 54.1 Å². The highest BCUT2D eigenvalue weighted by atomic mass is 16.5. The van der Waals surface area contributed by atoms with Gasteiger partial charge in [0.15, 0.2) is 0 Å². The summed E-state index contributed by atoms with van der Waals surface area (Å²) in [6.45, 7) is 4.78. The van der Waals surface area contributed by atoms with E-state index < -0.39 is 0 Å². The van der Waals surface area contributed by atoms with Crippen LogP contribution in [0.1, 0.15) is 19.4 Å². The Labute approximate surface area is 119 Å². The maximum absolute atomic E-state index is 11.7. The molecular formula is C16H22N2O2. The molecule has 0 saturated carbocycles. The molecule has 0 aliphatic heterocycles. The van der Waals surface area contributed by atoms with Crippen molar-refractivity contribution in [1.29, 1.82) is 0 Å². The lowest BCUT2D eigenvalue weighted by Crippen LogP contribution is -2.42. The van der Waals surface area contributed by atoms with Crippen molar-refractivity contribution >= 4 is 16.9 Å². The summed E-state index contributed by atoms with van der Waals surface area (Å²) in [6, 6.07) is 8.00. The van der Waals surface area contributed by atoms with Crippen LogP contribution in [-0.2, 0) is 16.0 Å². The average Bonchev–Trinajstić information content (AvgIpc) is 2.86. The smallest absolute Gasteiger partial charge is 0.323 e. The van der Waals surface area contributed by atoms with Gasteiger partial charge in [0.25, 0.3) is 0 Å². The molecule has 2 aromatic rings. The molecule has 0 aliphatic rings. The van der Waals surface area contributed by atoms with Crippen LogP contribution in [0.4, 0.5) is 0 Å². The van der Waals surface area contributed by atoms with E-state index in [0.29, 0.717) is 0 Å². The number of benzene rings is 1. The summed E-state index contributed by atoms with van der Waals surface area (Å²) in [6.07, 6.45) is 2.92. The summed E-state index contributed by atoms with van der Waals surface area (Å²) in [4.78, 5) is 14.9. The summed E-state index contributed by atoms with van der Waals surface area (Å²) in [5, 5.41) is 4.53. The zero-order chi connectivity index (χ0) is 14.5. The van der Waals surface area contributed by atoms with Crippen molar-refractivity contribution in [3.05, 3.63) is 36.0 Å². The molecule has 0 spiro atoms. The number of carbonyl (C=O) groups excluding carboxylic acids is 1. The van der Waals surface area contributed by atoms with Crippen LogP contribution >= 0.6 is 0 Å². The van der Waals surface area contributed by atoms with Gasteiger partial charge in [0.05, 0.1) is 7.11 Å². The van der Waals surface area contributed by atoms with E-state index in [2.05, 4.69) is 22.4 Å². The van der Waals surface area contributed by atoms with Gasteiger partial charge in [-0.3, -0.25) is 4.79 Å². The highest BCUT2D eigenvalue weighted by Gasteiger charge is 2.21. The van der Waals surface area contributed by atoms with Crippen LogP contribution in [0.15, 0.2) is 30.5 Å². The van der Waals surface area contributed by atoms with Crippen molar-refractivity contribution in [2.45, 2.75) is 26.3 Å². The molecule has 108 valence electrons. The second-order valence-corrected chi connectivity index (χ2v) is 5.31. The molecule has 1 heterocycles. The first-order valence-electron chi connectivity index (χ1n) is 6.99. The quantitative estimate of drug-likeness (QED) is 0.796. The molecule has 0 radical (unpaired) electrons. The summed E-state index contributed by atoms with van der Waals surface area (Å²) in [5.74, 6) is 0.0179. The van der Waals surface area contributed by atoms with Gasteiger partial charge in [-0.1, -0.05) is 32.0 Å². The zero-order valence-corrected chi connectivity index (χ0v) is 12.3. The molecule has 0 amide bonds. The first kappa shape index (κ1) is 14.6. The van der Waals surface area contributed by atoms with Crippen molar-refractivity contribution in [1.82, 2.24) is 10.3 Å². The number of fused-ring (bicyclic) bond motifs is 1. The molecule has 4 heteroatoms. The van der Waals surface area contributed by atoms with Crippen molar-refractivity contribution in [2.24, 2.45) is 5.92 Å². The van der Waals surface area contributed by atoms with E-state index in [1.807, 2.05) is 32.2 Å². The summed E-state index contributed by atoms with van der Waals surface area (Å²) < 4.78 is 4.82. The first-order valence-corrected chi connectivity index (χ1v) is 6.99. The Morgan fingerprint density at radius 2 is 2.10 bits per heavy atom. The van der Waals surface area contributed by atoms with Crippen molar-refractivity contribution in [3.8, 4) is 0 Å². The summed E-state index contributed by atoms with van der Waals surface area (Å²) >= 11 is 0. The van der Waals surface area contributed by atoms with Crippen LogP contribution in [0.5, 0.6) is 0 Å². The molecule has 2 N–H and O–H groups in total. The number of aromatic nitrogens is 1. The average molecular weight is 274 g/mol. The van der Waals surface area contributed by atoms with Gasteiger partial charge in [-0.2, -0.15) is 0 Å². The Kier molecular flexibility index (Phi) is 4.79. The highest BCUT2D eigenvalue weighted by Crippen LogP contribution is 2.17. The van der Waals surface area contributed by atoms with E-state index in [9.17, 15) is 4.79 Å². The predicted octanol–water partition coefficient (Wildman–Crippen LogP) is 2.50. The lowest BCUT2D eigenvalue weighted by atomic mass is 10.0. The number of rotatable bonds is 6. The monoisotopic (exact) mass is 274 g/mol. The number of ether oxygens (including phenoxy) is 1. The second kappa shape index (κ2) is 6.57. The fourth-order valence-corrected chi connectivity index (χ4v) is 2.42. The molecule has 4 nitrogen and oxygen atoms in total. The SMILES string of the molecule is COC(=O)[C@@H](NCCc1c[nH]c2ccccc12)C(C)C. The van der Waals surface area contributed by atoms with Crippen LogP contribution in [-0.4, -0.2) is 30.6 Å². The van der Waals surface area contributed by atoms with E-state index in [1.165, 1.54) is 18.1 Å². The van der Waals surface area contributed by atoms with Crippen molar-refractivity contribution in [2.75, 3.05) is 13.7 Å². The van der Waals surface area contributed by atoms with Crippen LogP contribution in [0.2, 0.25) is 0 Å². The number of hydrogen-bond acceptors (Lipinski definition) is 3. The molecule has 2 rings (SSSR count). The molecule has 1 aromatic carbocycles. The van der Waals surface area contributed by atoms with Gasteiger partial charge in [0, 0.05) is 23.6 Å². The Bertz CT molecular complexity index is 575. The van der Waals surface area contributed by atoms with Crippen LogP contribution < -0.4 is 5.32 Å². The van der Waals surface area contributed by atoms with Crippen molar-refractivity contribution in [3.63, 3.8) is 0 Å². The van der Waals surface area contributed by atoms with E-state index in [4.69, 9.17) is 4.74 Å². The number of nitrogens with one attached hydrogen (secondary N) is 2. The number of carbonyl (C=O) groups is 1. The normalized spacial score (nSPS) is 12.8. The molecular weight excluding hydrogens is 252 g/mol. The lowest BCUT2D eigenvalue weighted by molar-refractivity contribution is -0.144. The molecule has 0 fully saturated rings. The fraction of sp³-hybridized carbons (Fsp3) is 0.438. The van der Waals surface area contributed by atoms with Gasteiger partial charge in [0.2, 0.25) is 0 Å². The van der Waals surface area contributed by atoms with Crippen molar-refractivity contribution < 1.29 is 9.53 Å². The fourth-order valence-electron chi connectivity index (χ4n) is 2.42. The molecule has 1 atom stereocenters. The number of hydrogen-bond donors (Lipinski definition) is 2. The minimum Gasteiger partial charge on any atom is -0.468 e. The molecule has 0 aliphatic carbocycles. The zero-order valence-electron chi connectivity index (χ0n) is 12.3. The minimum absolute atomic E-state index is 0.195. The Morgan fingerprint density at radius 3 is 2.80 bits per heavy atom. The third-order valence-corrected chi connectivity index (χ3v) is 3.56. The van der Waals surface area contributed by atoms with E-state index >= 15 is 0 Å². The minimum atomic E-state index is -0.245. The van der Waals surface area contributed by atoms with Gasteiger partial charge in [-0.15, -0.1) is 0 Å². The Morgan fingerprint density at radius 1 is 1.35 bits per heavy atom. The van der Waals surface area contributed by atoms with E-state index in [-0.39, 0.29) is 17.9 Å². The van der Waals surface area contributed by atoms with Crippen LogP contribution in [0, 0.1) is 5.92 Å². The molecule has 0 bridgehead atoms. The highest BCUT2D eigenvalue weighted by molar-refractivity contribution is 5.83. The maximum atomic E-state index is 11.7. The number of aromatic amines is 1. The summed E-state index contributed by atoms with van der Waals surface area (Å²) in [7, 11) is 1.43. The standard InChI is InChI=1S/C16H22N2O2/c1-11(2)15(16(19)20-3)17-9-8-12-10-18-14-7-5-4-6-13(12)14/h4-7,10-11,15,17-18H,8-9H2,1-3H3/t15-/m0/s1. The third kappa shape index (κ3) is 3.20. The number of methoxy groups -OCH3 is 1. The van der Waals surface area contributed by atoms with Gasteiger partial charge < -0.3 is 15.0 Å². The second-order valence-electron chi connectivity index (χ2n) is 5.31. The first-order chi connectivity index (χ1) is 9.63. The molecule has 0 saturated heterocycles.